The van der Waals surface area contributed by atoms with E-state index in [0.29, 0.717) is 0 Å². The minimum atomic E-state index is 0.833. The van der Waals surface area contributed by atoms with Crippen molar-refractivity contribution in [1.82, 2.24) is 15.0 Å². The molecule has 0 spiro atoms. The number of thiazole rings is 1. The van der Waals surface area contributed by atoms with Crippen molar-refractivity contribution in [1.29, 1.82) is 0 Å². The van der Waals surface area contributed by atoms with E-state index in [0.717, 1.165) is 50.2 Å². The lowest BCUT2D eigenvalue weighted by Gasteiger charge is -2.26. The van der Waals surface area contributed by atoms with Gasteiger partial charge in [0.15, 0.2) is 0 Å². The molecule has 0 aliphatic heterocycles. The molecule has 0 amide bonds. The molecular formula is C43H32N4S. The Kier molecular flexibility index (Phi) is 8.03. The van der Waals surface area contributed by atoms with E-state index >= 15 is 0 Å². The minimum Gasteiger partial charge on any atom is -0.311 e. The lowest BCUT2D eigenvalue weighted by atomic mass is 10.0. The van der Waals surface area contributed by atoms with Gasteiger partial charge < -0.3 is 4.90 Å². The lowest BCUT2D eigenvalue weighted by Crippen LogP contribution is -2.24. The highest BCUT2D eigenvalue weighted by molar-refractivity contribution is 7.21. The van der Waals surface area contributed by atoms with Gasteiger partial charge in [-0.15, -0.1) is 11.3 Å². The Morgan fingerprint density at radius 3 is 2.02 bits per heavy atom. The van der Waals surface area contributed by atoms with E-state index in [2.05, 4.69) is 149 Å². The van der Waals surface area contributed by atoms with E-state index in [-0.39, 0.29) is 0 Å². The highest BCUT2D eigenvalue weighted by atomic mass is 32.1. The number of para-hydroxylation sites is 1. The molecule has 0 aliphatic carbocycles. The Balaban J connectivity index is 1.14. The molecule has 0 saturated heterocycles. The number of benzene rings is 5. The maximum Gasteiger partial charge on any atom is 0.124 e. The molecule has 3 heterocycles. The number of aromatic nitrogens is 3. The molecular weight excluding hydrogens is 605 g/mol. The SMILES string of the molecule is C/C=c1/ccnc/c1=C/Cc1ccc(N(c2ccc(-c3ccc4ccncc4c3)cc2)c2ccc(-c3nc4ccccc4s3)cc2)cc1. The molecule has 0 atom stereocenters. The molecule has 0 aliphatic rings. The summed E-state index contributed by atoms with van der Waals surface area (Å²) in [5, 5.41) is 5.71. The number of rotatable bonds is 7. The lowest BCUT2D eigenvalue weighted by molar-refractivity contribution is 1.24. The first-order chi connectivity index (χ1) is 23.7. The summed E-state index contributed by atoms with van der Waals surface area (Å²) in [5.74, 6) is 0. The zero-order valence-corrected chi connectivity index (χ0v) is 27.3. The van der Waals surface area contributed by atoms with E-state index < -0.39 is 0 Å². The zero-order chi connectivity index (χ0) is 32.3. The van der Waals surface area contributed by atoms with Gasteiger partial charge in [-0.3, -0.25) is 9.97 Å². The molecule has 8 rings (SSSR count). The molecule has 0 N–H and O–H groups in total. The third-order valence-corrected chi connectivity index (χ3v) is 9.80. The van der Waals surface area contributed by atoms with Crippen LogP contribution in [0.4, 0.5) is 17.1 Å². The fourth-order valence-corrected chi connectivity index (χ4v) is 7.09. The Hall–Kier alpha value is -5.91. The molecule has 5 heteroatoms. The van der Waals surface area contributed by atoms with Gasteiger partial charge in [0, 0.05) is 52.8 Å². The molecule has 48 heavy (non-hydrogen) atoms. The van der Waals surface area contributed by atoms with Crippen LogP contribution in [0, 0.1) is 0 Å². The Bertz CT molecular complexity index is 2450. The van der Waals surface area contributed by atoms with Crippen LogP contribution in [0.25, 0.3) is 54.8 Å². The number of fused-ring (bicyclic) bond motifs is 2. The fraction of sp³-hybridized carbons (Fsp3) is 0.0465. The summed E-state index contributed by atoms with van der Waals surface area (Å²) in [6.45, 7) is 2.06. The van der Waals surface area contributed by atoms with Crippen molar-refractivity contribution in [3.63, 3.8) is 0 Å². The molecule has 0 fully saturated rings. The topological polar surface area (TPSA) is 41.9 Å². The summed E-state index contributed by atoms with van der Waals surface area (Å²) in [5.41, 5.74) is 9.01. The molecule has 3 aromatic heterocycles. The van der Waals surface area contributed by atoms with Crippen molar-refractivity contribution in [2.24, 2.45) is 0 Å². The van der Waals surface area contributed by atoms with Crippen LogP contribution in [0.2, 0.25) is 0 Å². The highest BCUT2D eigenvalue weighted by Gasteiger charge is 2.14. The molecule has 0 saturated carbocycles. The van der Waals surface area contributed by atoms with E-state index in [1.807, 2.05) is 36.9 Å². The van der Waals surface area contributed by atoms with Crippen LogP contribution in [0.3, 0.4) is 0 Å². The molecule has 8 aromatic rings. The average Bonchev–Trinajstić information content (AvgIpc) is 3.60. The maximum absolute atomic E-state index is 4.88. The monoisotopic (exact) mass is 636 g/mol. The van der Waals surface area contributed by atoms with Crippen molar-refractivity contribution in [2.75, 3.05) is 4.90 Å². The van der Waals surface area contributed by atoms with Crippen LogP contribution in [-0.4, -0.2) is 15.0 Å². The summed E-state index contributed by atoms with van der Waals surface area (Å²) in [7, 11) is 0. The van der Waals surface area contributed by atoms with Crippen LogP contribution in [0.5, 0.6) is 0 Å². The quantitative estimate of drug-likeness (QED) is 0.175. The number of pyridine rings is 2. The molecule has 0 unspecified atom stereocenters. The van der Waals surface area contributed by atoms with Crippen LogP contribution in [0.1, 0.15) is 12.5 Å². The van der Waals surface area contributed by atoms with Gasteiger partial charge in [-0.1, -0.05) is 60.7 Å². The molecule has 0 bridgehead atoms. The summed E-state index contributed by atoms with van der Waals surface area (Å²) < 4.78 is 1.20. The molecule has 0 radical (unpaired) electrons. The molecule has 230 valence electrons. The fourth-order valence-electron chi connectivity index (χ4n) is 6.12. The Labute approximate surface area is 283 Å². The number of hydrogen-bond donors (Lipinski definition) is 0. The van der Waals surface area contributed by atoms with Crippen molar-refractivity contribution in [3.05, 3.63) is 168 Å². The smallest absolute Gasteiger partial charge is 0.124 e. The van der Waals surface area contributed by atoms with Crippen molar-refractivity contribution in [3.8, 4) is 21.7 Å². The molecule has 5 aromatic carbocycles. The minimum absolute atomic E-state index is 0.833. The second kappa shape index (κ2) is 13.1. The van der Waals surface area contributed by atoms with E-state index in [1.54, 1.807) is 11.3 Å². The van der Waals surface area contributed by atoms with Gasteiger partial charge in [-0.2, -0.15) is 0 Å². The summed E-state index contributed by atoms with van der Waals surface area (Å²) in [4.78, 5) is 15.8. The number of hydrogen-bond acceptors (Lipinski definition) is 5. The predicted octanol–water partition coefficient (Wildman–Crippen LogP) is 9.87. The van der Waals surface area contributed by atoms with Crippen LogP contribution >= 0.6 is 11.3 Å². The van der Waals surface area contributed by atoms with E-state index in [9.17, 15) is 0 Å². The van der Waals surface area contributed by atoms with Crippen LogP contribution < -0.4 is 15.3 Å². The first-order valence-corrected chi connectivity index (χ1v) is 16.9. The van der Waals surface area contributed by atoms with E-state index in [4.69, 9.17) is 4.98 Å². The normalized spacial score (nSPS) is 12.2. The van der Waals surface area contributed by atoms with Crippen molar-refractivity contribution >= 4 is 61.5 Å². The largest absolute Gasteiger partial charge is 0.311 e. The second-order valence-electron chi connectivity index (χ2n) is 11.7. The Morgan fingerprint density at radius 1 is 0.604 bits per heavy atom. The third kappa shape index (κ3) is 5.99. The maximum atomic E-state index is 4.88. The Morgan fingerprint density at radius 2 is 1.27 bits per heavy atom. The number of anilines is 3. The van der Waals surface area contributed by atoms with Crippen molar-refractivity contribution in [2.45, 2.75) is 13.3 Å². The van der Waals surface area contributed by atoms with Crippen LogP contribution in [-0.2, 0) is 6.42 Å². The number of nitrogens with zero attached hydrogens (tertiary/aromatic N) is 4. The van der Waals surface area contributed by atoms with Gasteiger partial charge in [0.05, 0.1) is 10.2 Å². The van der Waals surface area contributed by atoms with Gasteiger partial charge in [0.1, 0.15) is 5.01 Å². The highest BCUT2D eigenvalue weighted by Crippen LogP contribution is 2.38. The van der Waals surface area contributed by atoms with Gasteiger partial charge in [-0.25, -0.2) is 4.98 Å². The second-order valence-corrected chi connectivity index (χ2v) is 12.8. The average molecular weight is 637 g/mol. The third-order valence-electron chi connectivity index (χ3n) is 8.72. The van der Waals surface area contributed by atoms with Crippen molar-refractivity contribution < 1.29 is 0 Å². The van der Waals surface area contributed by atoms with Gasteiger partial charge in [0.2, 0.25) is 0 Å². The van der Waals surface area contributed by atoms with Gasteiger partial charge in [-0.05, 0) is 125 Å². The van der Waals surface area contributed by atoms with Gasteiger partial charge in [0.25, 0.3) is 0 Å². The van der Waals surface area contributed by atoms with E-state index in [1.165, 1.54) is 32.0 Å². The summed E-state index contributed by atoms with van der Waals surface area (Å²) in [6, 6.07) is 45.4. The first kappa shape index (κ1) is 29.5. The molecule has 4 nitrogen and oxygen atoms in total. The standard InChI is InChI=1S/C43H32N4S/c1-2-31-23-25-44-28-36(31)10-7-30-8-17-38(18-9-30)47(40-21-15-34(16-22-40)43-46-41-5-3-4-6-42(41)48-43)39-19-13-32(14-20-39)35-12-11-33-24-26-45-29-37(33)27-35/h2-6,8-29H,7H2,1H3/b31-2-,36-10-. The van der Waals surface area contributed by atoms with Crippen LogP contribution in [0.15, 0.2) is 152 Å². The first-order valence-electron chi connectivity index (χ1n) is 16.1. The summed E-state index contributed by atoms with van der Waals surface area (Å²) >= 11 is 1.73. The summed E-state index contributed by atoms with van der Waals surface area (Å²) in [6.07, 6.45) is 12.7. The predicted molar refractivity (Wildman–Crippen MR) is 202 cm³/mol. The zero-order valence-electron chi connectivity index (χ0n) is 26.5. The van der Waals surface area contributed by atoms with Gasteiger partial charge >= 0.3 is 0 Å².